The van der Waals surface area contributed by atoms with Crippen molar-refractivity contribution in [1.82, 2.24) is 20.1 Å². The molecule has 0 N–H and O–H groups in total. The molecule has 0 spiro atoms. The van der Waals surface area contributed by atoms with Gasteiger partial charge in [-0.15, -0.1) is 21.5 Å². The van der Waals surface area contributed by atoms with E-state index in [-0.39, 0.29) is 0 Å². The second-order valence-corrected chi connectivity index (χ2v) is 7.06. The second-order valence-electron chi connectivity index (χ2n) is 6.08. The maximum atomic E-state index is 5.99. The number of piperidine rings is 1. The first-order valence-electron chi connectivity index (χ1n) is 7.82. The van der Waals surface area contributed by atoms with E-state index in [1.54, 1.807) is 11.3 Å². The van der Waals surface area contributed by atoms with Gasteiger partial charge in [-0.1, -0.05) is 0 Å². The van der Waals surface area contributed by atoms with E-state index in [2.05, 4.69) is 20.1 Å². The summed E-state index contributed by atoms with van der Waals surface area (Å²) in [7, 11) is 0. The van der Waals surface area contributed by atoms with Crippen molar-refractivity contribution in [3.05, 3.63) is 28.4 Å². The number of rotatable bonds is 3. The fourth-order valence-electron chi connectivity index (χ4n) is 3.62. The molecule has 6 nitrogen and oxygen atoms in total. The summed E-state index contributed by atoms with van der Waals surface area (Å²) in [5.74, 6) is 2.18. The lowest BCUT2D eigenvalue weighted by molar-refractivity contribution is -0.0820. The fourth-order valence-corrected chi connectivity index (χ4v) is 4.28. The van der Waals surface area contributed by atoms with E-state index >= 15 is 0 Å². The standard InChI is InChI=1S/C15H20N4O2S/c1-10-17-18-15(21-10)11-3-6-20-13-2-5-19(8-12(11)13)9-14-16-4-7-22-14/h4,7,11-13H,2-3,5-6,8-9H2,1H3/t11-,12-,13-/m1/s1. The molecule has 0 radical (unpaired) electrons. The molecule has 2 aromatic rings. The molecule has 22 heavy (non-hydrogen) atoms. The Morgan fingerprint density at radius 1 is 1.36 bits per heavy atom. The van der Waals surface area contributed by atoms with Crippen molar-refractivity contribution in [2.45, 2.75) is 38.3 Å². The molecular formula is C15H20N4O2S. The van der Waals surface area contributed by atoms with Gasteiger partial charge in [0.25, 0.3) is 0 Å². The molecule has 0 aliphatic carbocycles. The van der Waals surface area contributed by atoms with Crippen molar-refractivity contribution in [2.75, 3.05) is 19.7 Å². The average Bonchev–Trinajstić information content (AvgIpc) is 3.18. The van der Waals surface area contributed by atoms with Crippen LogP contribution in [0.25, 0.3) is 0 Å². The molecule has 7 heteroatoms. The number of nitrogens with zero attached hydrogens (tertiary/aromatic N) is 4. The lowest BCUT2D eigenvalue weighted by Gasteiger charge is -2.43. The van der Waals surface area contributed by atoms with E-state index in [4.69, 9.17) is 9.15 Å². The molecule has 2 aromatic heterocycles. The highest BCUT2D eigenvalue weighted by Gasteiger charge is 2.41. The van der Waals surface area contributed by atoms with Gasteiger partial charge >= 0.3 is 0 Å². The van der Waals surface area contributed by atoms with E-state index in [0.29, 0.717) is 23.8 Å². The van der Waals surface area contributed by atoms with Crippen LogP contribution in [0.4, 0.5) is 0 Å². The summed E-state index contributed by atoms with van der Waals surface area (Å²) >= 11 is 1.72. The normalized spacial score (nSPS) is 29.4. The van der Waals surface area contributed by atoms with Crippen molar-refractivity contribution in [3.63, 3.8) is 0 Å². The molecule has 2 aliphatic heterocycles. The summed E-state index contributed by atoms with van der Waals surface area (Å²) < 4.78 is 11.7. The zero-order chi connectivity index (χ0) is 14.9. The van der Waals surface area contributed by atoms with Gasteiger partial charge in [-0.05, 0) is 12.8 Å². The number of aromatic nitrogens is 3. The van der Waals surface area contributed by atoms with E-state index in [9.17, 15) is 0 Å². The summed E-state index contributed by atoms with van der Waals surface area (Å²) in [5.41, 5.74) is 0. The van der Waals surface area contributed by atoms with E-state index in [1.165, 1.54) is 5.01 Å². The summed E-state index contributed by atoms with van der Waals surface area (Å²) in [6.45, 7) is 5.64. The molecule has 2 fully saturated rings. The quantitative estimate of drug-likeness (QED) is 0.864. The molecule has 3 atom stereocenters. The Morgan fingerprint density at radius 3 is 3.09 bits per heavy atom. The Morgan fingerprint density at radius 2 is 2.32 bits per heavy atom. The van der Waals surface area contributed by atoms with Crippen LogP contribution in [0.2, 0.25) is 0 Å². The number of fused-ring (bicyclic) bond motifs is 1. The first-order valence-corrected chi connectivity index (χ1v) is 8.70. The minimum Gasteiger partial charge on any atom is -0.425 e. The number of likely N-dealkylation sites (tertiary alicyclic amines) is 1. The lowest BCUT2D eigenvalue weighted by Crippen LogP contribution is -2.48. The van der Waals surface area contributed by atoms with E-state index < -0.39 is 0 Å². The first-order chi connectivity index (χ1) is 10.8. The molecule has 2 saturated heterocycles. The topological polar surface area (TPSA) is 64.3 Å². The van der Waals surface area contributed by atoms with Crippen LogP contribution in [0, 0.1) is 12.8 Å². The number of hydrogen-bond acceptors (Lipinski definition) is 7. The molecule has 118 valence electrons. The van der Waals surface area contributed by atoms with Gasteiger partial charge in [-0.3, -0.25) is 4.90 Å². The van der Waals surface area contributed by atoms with Crippen molar-refractivity contribution < 1.29 is 9.15 Å². The molecule has 4 rings (SSSR count). The van der Waals surface area contributed by atoms with Crippen LogP contribution in [0.1, 0.15) is 35.5 Å². The first kappa shape index (κ1) is 14.3. The molecular weight excluding hydrogens is 300 g/mol. The number of aryl methyl sites for hydroxylation is 1. The smallest absolute Gasteiger partial charge is 0.220 e. The van der Waals surface area contributed by atoms with Crippen LogP contribution in [0.3, 0.4) is 0 Å². The van der Waals surface area contributed by atoms with E-state index in [0.717, 1.165) is 45.0 Å². The SMILES string of the molecule is Cc1nnc([C@@H]2CCO[C@@H]3CCN(Cc4nccs4)C[C@@H]32)o1. The van der Waals surface area contributed by atoms with Crippen LogP contribution < -0.4 is 0 Å². The van der Waals surface area contributed by atoms with Gasteiger partial charge in [0.2, 0.25) is 11.8 Å². The van der Waals surface area contributed by atoms with Gasteiger partial charge in [0.1, 0.15) is 5.01 Å². The average molecular weight is 320 g/mol. The van der Waals surface area contributed by atoms with Gasteiger partial charge in [-0.25, -0.2) is 4.98 Å². The van der Waals surface area contributed by atoms with E-state index in [1.807, 2.05) is 18.5 Å². The van der Waals surface area contributed by atoms with Crippen LogP contribution in [0.5, 0.6) is 0 Å². The third-order valence-electron chi connectivity index (χ3n) is 4.66. The molecule has 0 amide bonds. The lowest BCUT2D eigenvalue weighted by atomic mass is 9.79. The number of ether oxygens (including phenoxy) is 1. The molecule has 0 aromatic carbocycles. The van der Waals surface area contributed by atoms with Crippen molar-refractivity contribution in [3.8, 4) is 0 Å². The van der Waals surface area contributed by atoms with Gasteiger partial charge in [0, 0.05) is 50.0 Å². The summed E-state index contributed by atoms with van der Waals surface area (Å²) in [6.07, 6.45) is 4.23. The zero-order valence-electron chi connectivity index (χ0n) is 12.6. The zero-order valence-corrected chi connectivity index (χ0v) is 13.5. The Kier molecular flexibility index (Phi) is 3.94. The predicted molar refractivity (Wildman–Crippen MR) is 81.6 cm³/mol. The maximum absolute atomic E-state index is 5.99. The van der Waals surface area contributed by atoms with Gasteiger partial charge in [-0.2, -0.15) is 0 Å². The Balaban J connectivity index is 1.50. The van der Waals surface area contributed by atoms with Crippen LogP contribution in [-0.4, -0.2) is 45.9 Å². The highest BCUT2D eigenvalue weighted by atomic mass is 32.1. The molecule has 0 bridgehead atoms. The minimum absolute atomic E-state index is 0.318. The molecule has 0 unspecified atom stereocenters. The number of thiazole rings is 1. The molecule has 4 heterocycles. The van der Waals surface area contributed by atoms with Crippen LogP contribution in [0.15, 0.2) is 16.0 Å². The Hall–Kier alpha value is -1.31. The molecule has 0 saturated carbocycles. The highest BCUT2D eigenvalue weighted by Crippen LogP contribution is 2.39. The maximum Gasteiger partial charge on any atom is 0.220 e. The minimum atomic E-state index is 0.318. The van der Waals surface area contributed by atoms with Crippen LogP contribution >= 0.6 is 11.3 Å². The third-order valence-corrected chi connectivity index (χ3v) is 5.42. The summed E-state index contributed by atoms with van der Waals surface area (Å²) in [5, 5.41) is 11.5. The fraction of sp³-hybridized carbons (Fsp3) is 0.667. The van der Waals surface area contributed by atoms with Gasteiger partial charge in [0.15, 0.2) is 0 Å². The van der Waals surface area contributed by atoms with Gasteiger partial charge < -0.3 is 9.15 Å². The van der Waals surface area contributed by atoms with Gasteiger partial charge in [0.05, 0.1) is 12.6 Å². The monoisotopic (exact) mass is 320 g/mol. The largest absolute Gasteiger partial charge is 0.425 e. The highest BCUT2D eigenvalue weighted by molar-refractivity contribution is 7.09. The van der Waals surface area contributed by atoms with Crippen molar-refractivity contribution >= 4 is 11.3 Å². The Bertz CT molecular complexity index is 615. The second kappa shape index (κ2) is 6.06. The summed E-state index contributed by atoms with van der Waals surface area (Å²) in [6, 6.07) is 0. The van der Waals surface area contributed by atoms with Crippen molar-refractivity contribution in [2.24, 2.45) is 5.92 Å². The van der Waals surface area contributed by atoms with Crippen LogP contribution in [-0.2, 0) is 11.3 Å². The third kappa shape index (κ3) is 2.80. The molecule has 2 aliphatic rings. The predicted octanol–water partition coefficient (Wildman–Crippen LogP) is 2.23. The van der Waals surface area contributed by atoms with Crippen molar-refractivity contribution in [1.29, 1.82) is 0 Å². The summed E-state index contributed by atoms with van der Waals surface area (Å²) in [4.78, 5) is 6.88. The Labute approximate surface area is 133 Å². The number of hydrogen-bond donors (Lipinski definition) is 0.